The molecular weight excluding hydrogens is 337 g/mol. The Kier molecular flexibility index (Phi) is 5.22. The minimum atomic E-state index is -0.334. The van der Waals surface area contributed by atoms with Crippen molar-refractivity contribution in [1.29, 1.82) is 0 Å². The summed E-state index contributed by atoms with van der Waals surface area (Å²) in [6.45, 7) is 2.16. The van der Waals surface area contributed by atoms with Crippen molar-refractivity contribution in [2.75, 3.05) is 40.8 Å². The predicted molar refractivity (Wildman–Crippen MR) is 95.8 cm³/mol. The van der Waals surface area contributed by atoms with E-state index in [2.05, 4.69) is 9.97 Å². The largest absolute Gasteiger partial charge is 0.341 e. The first-order chi connectivity index (χ1) is 12.3. The molecule has 140 valence electrons. The van der Waals surface area contributed by atoms with Crippen molar-refractivity contribution in [2.45, 2.75) is 13.0 Å². The van der Waals surface area contributed by atoms with Crippen LogP contribution in [0, 0.1) is 11.7 Å². The summed E-state index contributed by atoms with van der Waals surface area (Å²) in [5, 5.41) is 0. The van der Waals surface area contributed by atoms with Crippen LogP contribution in [0.3, 0.4) is 0 Å². The van der Waals surface area contributed by atoms with Crippen LogP contribution in [0.1, 0.15) is 12.2 Å². The Hall–Kier alpha value is -2.48. The van der Waals surface area contributed by atoms with Crippen molar-refractivity contribution in [2.24, 2.45) is 5.92 Å². The van der Waals surface area contributed by atoms with E-state index in [-0.39, 0.29) is 36.5 Å². The number of aromatic amines is 1. The maximum Gasteiger partial charge on any atom is 0.228 e. The van der Waals surface area contributed by atoms with Crippen LogP contribution in [0.15, 0.2) is 18.2 Å². The van der Waals surface area contributed by atoms with Gasteiger partial charge in [-0.25, -0.2) is 9.37 Å². The Morgan fingerprint density at radius 2 is 2.15 bits per heavy atom. The lowest BCUT2D eigenvalue weighted by Crippen LogP contribution is -2.36. The van der Waals surface area contributed by atoms with E-state index >= 15 is 0 Å². The zero-order chi connectivity index (χ0) is 18.8. The maximum absolute atomic E-state index is 13.3. The number of benzene rings is 1. The molecule has 1 fully saturated rings. The van der Waals surface area contributed by atoms with E-state index < -0.39 is 0 Å². The number of halogens is 1. The van der Waals surface area contributed by atoms with Gasteiger partial charge in [-0.1, -0.05) is 0 Å². The number of fused-ring (bicyclic) bond motifs is 1. The third-order valence-electron chi connectivity index (χ3n) is 4.64. The average Bonchev–Trinajstić information content (AvgIpc) is 3.14. The minimum absolute atomic E-state index is 0.0258. The van der Waals surface area contributed by atoms with Crippen molar-refractivity contribution < 1.29 is 14.0 Å². The van der Waals surface area contributed by atoms with Gasteiger partial charge in [-0.3, -0.25) is 9.59 Å². The Morgan fingerprint density at radius 1 is 1.38 bits per heavy atom. The van der Waals surface area contributed by atoms with Crippen LogP contribution in [0.25, 0.3) is 11.0 Å². The fourth-order valence-electron chi connectivity index (χ4n) is 3.20. The summed E-state index contributed by atoms with van der Waals surface area (Å²) in [6, 6.07) is 4.34. The SMILES string of the molecule is CN(C)CCN1CC(C(=O)N(C)Cc2nc3ccc(F)cc3[nH]2)CC1=O. The lowest BCUT2D eigenvalue weighted by atomic mass is 10.1. The van der Waals surface area contributed by atoms with Crippen molar-refractivity contribution in [3.05, 3.63) is 29.8 Å². The molecule has 0 spiro atoms. The fourth-order valence-corrected chi connectivity index (χ4v) is 3.20. The second-order valence-corrected chi connectivity index (χ2v) is 7.08. The fraction of sp³-hybridized carbons (Fsp3) is 0.500. The van der Waals surface area contributed by atoms with Crippen LogP contribution in [-0.4, -0.2) is 77.3 Å². The van der Waals surface area contributed by atoms with Crippen molar-refractivity contribution in [1.82, 2.24) is 24.7 Å². The normalized spacial score (nSPS) is 17.5. The second-order valence-electron chi connectivity index (χ2n) is 7.08. The van der Waals surface area contributed by atoms with Gasteiger partial charge in [0, 0.05) is 33.1 Å². The molecule has 0 bridgehead atoms. The van der Waals surface area contributed by atoms with E-state index in [0.29, 0.717) is 29.9 Å². The Bertz CT molecular complexity index is 819. The van der Waals surface area contributed by atoms with Crippen LogP contribution in [0.4, 0.5) is 4.39 Å². The number of H-pyrrole nitrogens is 1. The summed E-state index contributed by atoms with van der Waals surface area (Å²) in [6.07, 6.45) is 0.252. The molecule has 1 aliphatic heterocycles. The van der Waals surface area contributed by atoms with E-state index in [1.54, 1.807) is 22.9 Å². The summed E-state index contributed by atoms with van der Waals surface area (Å²) < 4.78 is 13.3. The van der Waals surface area contributed by atoms with Gasteiger partial charge in [0.05, 0.1) is 23.5 Å². The lowest BCUT2D eigenvalue weighted by molar-refractivity contribution is -0.135. The quantitative estimate of drug-likeness (QED) is 0.835. The Labute approximate surface area is 151 Å². The number of hydrogen-bond acceptors (Lipinski definition) is 4. The molecule has 1 aromatic heterocycles. The molecule has 0 radical (unpaired) electrons. The number of nitrogens with zero attached hydrogens (tertiary/aromatic N) is 4. The van der Waals surface area contributed by atoms with Gasteiger partial charge in [0.15, 0.2) is 0 Å². The maximum atomic E-state index is 13.3. The molecule has 1 aromatic carbocycles. The molecule has 26 heavy (non-hydrogen) atoms. The zero-order valence-corrected chi connectivity index (χ0v) is 15.3. The van der Waals surface area contributed by atoms with Crippen LogP contribution in [0.5, 0.6) is 0 Å². The summed E-state index contributed by atoms with van der Waals surface area (Å²) in [5.74, 6) is -0.110. The number of likely N-dealkylation sites (N-methyl/N-ethyl adjacent to an activating group) is 1. The summed E-state index contributed by atoms with van der Waals surface area (Å²) in [5.41, 5.74) is 1.26. The lowest BCUT2D eigenvalue weighted by Gasteiger charge is -2.21. The third kappa shape index (κ3) is 4.01. The highest BCUT2D eigenvalue weighted by molar-refractivity contribution is 5.89. The van der Waals surface area contributed by atoms with Crippen molar-refractivity contribution in [3.8, 4) is 0 Å². The number of amides is 2. The van der Waals surface area contributed by atoms with Gasteiger partial charge in [0.25, 0.3) is 0 Å². The highest BCUT2D eigenvalue weighted by Crippen LogP contribution is 2.21. The highest BCUT2D eigenvalue weighted by Gasteiger charge is 2.35. The number of aromatic nitrogens is 2. The van der Waals surface area contributed by atoms with E-state index in [1.165, 1.54) is 12.1 Å². The molecule has 1 atom stereocenters. The van der Waals surface area contributed by atoms with Crippen LogP contribution in [0.2, 0.25) is 0 Å². The standard InChI is InChI=1S/C18H24FN5O2/c1-22(2)6-7-24-10-12(8-17(24)25)18(26)23(3)11-16-20-14-5-4-13(19)9-15(14)21-16/h4-5,9,12H,6-8,10-11H2,1-3H3,(H,20,21). The molecule has 1 aliphatic rings. The van der Waals surface area contributed by atoms with Gasteiger partial charge in [0.2, 0.25) is 11.8 Å². The van der Waals surface area contributed by atoms with Gasteiger partial charge in [-0.05, 0) is 32.3 Å². The smallest absolute Gasteiger partial charge is 0.228 e. The van der Waals surface area contributed by atoms with E-state index in [9.17, 15) is 14.0 Å². The molecule has 1 unspecified atom stereocenters. The third-order valence-corrected chi connectivity index (χ3v) is 4.64. The minimum Gasteiger partial charge on any atom is -0.341 e. The molecule has 0 aliphatic carbocycles. The molecule has 1 N–H and O–H groups in total. The number of carbonyl (C=O) groups is 2. The van der Waals surface area contributed by atoms with E-state index in [0.717, 1.165) is 6.54 Å². The average molecular weight is 361 g/mol. The van der Waals surface area contributed by atoms with Gasteiger partial charge in [-0.15, -0.1) is 0 Å². The van der Waals surface area contributed by atoms with Gasteiger partial charge < -0.3 is 19.7 Å². The molecule has 8 heteroatoms. The molecule has 0 saturated carbocycles. The highest BCUT2D eigenvalue weighted by atomic mass is 19.1. The number of carbonyl (C=O) groups excluding carboxylic acids is 2. The van der Waals surface area contributed by atoms with E-state index in [4.69, 9.17) is 0 Å². The summed E-state index contributed by atoms with van der Waals surface area (Å²) in [7, 11) is 5.61. The van der Waals surface area contributed by atoms with Crippen LogP contribution in [-0.2, 0) is 16.1 Å². The van der Waals surface area contributed by atoms with Crippen molar-refractivity contribution >= 4 is 22.8 Å². The Morgan fingerprint density at radius 3 is 2.88 bits per heavy atom. The van der Waals surface area contributed by atoms with Gasteiger partial charge in [0.1, 0.15) is 11.6 Å². The summed E-state index contributed by atoms with van der Waals surface area (Å²) in [4.78, 5) is 37.5. The number of rotatable bonds is 6. The number of hydrogen-bond donors (Lipinski definition) is 1. The molecule has 2 heterocycles. The molecule has 2 amide bonds. The Balaban J connectivity index is 1.61. The van der Waals surface area contributed by atoms with Gasteiger partial charge >= 0.3 is 0 Å². The predicted octanol–water partition coefficient (Wildman–Crippen LogP) is 1.07. The summed E-state index contributed by atoms with van der Waals surface area (Å²) >= 11 is 0. The van der Waals surface area contributed by atoms with Crippen LogP contribution < -0.4 is 0 Å². The molecule has 7 nitrogen and oxygen atoms in total. The second kappa shape index (κ2) is 7.41. The first-order valence-corrected chi connectivity index (χ1v) is 8.65. The van der Waals surface area contributed by atoms with Crippen LogP contribution >= 0.6 is 0 Å². The first-order valence-electron chi connectivity index (χ1n) is 8.65. The topological polar surface area (TPSA) is 72.5 Å². The molecular formula is C18H24FN5O2. The van der Waals surface area contributed by atoms with Crippen molar-refractivity contribution in [3.63, 3.8) is 0 Å². The number of imidazole rings is 1. The van der Waals surface area contributed by atoms with E-state index in [1.807, 2.05) is 19.0 Å². The number of likely N-dealkylation sites (tertiary alicyclic amines) is 1. The zero-order valence-electron chi connectivity index (χ0n) is 15.3. The van der Waals surface area contributed by atoms with Gasteiger partial charge in [-0.2, -0.15) is 0 Å². The molecule has 2 aromatic rings. The molecule has 1 saturated heterocycles. The molecule has 3 rings (SSSR count). The monoisotopic (exact) mass is 361 g/mol. The first kappa shape index (κ1) is 18.3. The number of nitrogens with one attached hydrogen (secondary N) is 1.